The van der Waals surface area contributed by atoms with Gasteiger partial charge in [-0.2, -0.15) is 0 Å². The normalized spacial score (nSPS) is 13.2. The van der Waals surface area contributed by atoms with Gasteiger partial charge < -0.3 is 4.74 Å². The Bertz CT molecular complexity index is 199. The van der Waals surface area contributed by atoms with Gasteiger partial charge in [-0.3, -0.25) is 4.79 Å². The highest BCUT2D eigenvalue weighted by atomic mass is 79.9. The van der Waals surface area contributed by atoms with Crippen LogP contribution in [0.5, 0.6) is 0 Å². The van der Waals surface area contributed by atoms with E-state index in [4.69, 9.17) is 4.74 Å². The van der Waals surface area contributed by atoms with E-state index < -0.39 is 16.6 Å². The lowest BCUT2D eigenvalue weighted by atomic mass is 10.1. The molecular weight excluding hydrogens is 236 g/mol. The molecule has 3 nitrogen and oxygen atoms in total. The van der Waals surface area contributed by atoms with Gasteiger partial charge in [-0.05, 0) is 19.8 Å². The zero-order valence-corrected chi connectivity index (χ0v) is 9.92. The van der Waals surface area contributed by atoms with Crippen LogP contribution in [0.4, 0.5) is 0 Å². The lowest BCUT2D eigenvalue weighted by molar-refractivity contribution is -0.156. The van der Waals surface area contributed by atoms with Crippen molar-refractivity contribution < 1.29 is 14.3 Å². The number of carbonyl (C=O) groups is 2. The number of carbonyl (C=O) groups excluding carboxylic acids is 2. The third kappa shape index (κ3) is 4.41. The Morgan fingerprint density at radius 3 is 1.92 bits per heavy atom. The first-order valence-electron chi connectivity index (χ1n) is 4.25. The number of esters is 1. The third-order valence-corrected chi connectivity index (χ3v) is 2.85. The maximum absolute atomic E-state index is 11.3. The van der Waals surface area contributed by atoms with E-state index in [1.807, 2.05) is 13.8 Å². The van der Waals surface area contributed by atoms with Gasteiger partial charge in [0.15, 0.2) is 0 Å². The fraction of sp³-hybridized carbons (Fsp3) is 0.778. The zero-order valence-electron chi connectivity index (χ0n) is 8.33. The summed E-state index contributed by atoms with van der Waals surface area (Å²) in [5.41, 5.74) is 0. The van der Waals surface area contributed by atoms with E-state index in [0.717, 1.165) is 0 Å². The van der Waals surface area contributed by atoms with E-state index in [1.54, 1.807) is 13.8 Å². The van der Waals surface area contributed by atoms with Crippen molar-refractivity contribution in [1.29, 1.82) is 0 Å². The minimum atomic E-state index is -0.759. The topological polar surface area (TPSA) is 43.4 Å². The van der Waals surface area contributed by atoms with Gasteiger partial charge in [0.2, 0.25) is 0 Å². The van der Waals surface area contributed by atoms with Crippen molar-refractivity contribution in [2.45, 2.75) is 38.6 Å². The minimum Gasteiger partial charge on any atom is -0.457 e. The SMILES string of the molecule is CC(C)OC(=O)C(=O)C(Br)C(C)C. The molecule has 0 radical (unpaired) electrons. The molecule has 0 aliphatic heterocycles. The second kappa shape index (κ2) is 5.37. The predicted octanol–water partition coefficient (Wildman–Crippen LogP) is 1.93. The average molecular weight is 251 g/mol. The summed E-state index contributed by atoms with van der Waals surface area (Å²) in [5.74, 6) is -1.18. The smallest absolute Gasteiger partial charge is 0.376 e. The summed E-state index contributed by atoms with van der Waals surface area (Å²) in [5, 5.41) is 0. The lowest BCUT2D eigenvalue weighted by Crippen LogP contribution is -2.31. The van der Waals surface area contributed by atoms with Crippen LogP contribution in [0, 0.1) is 5.92 Å². The molecule has 0 N–H and O–H groups in total. The Kier molecular flexibility index (Phi) is 5.21. The number of hydrogen-bond donors (Lipinski definition) is 0. The summed E-state index contributed by atoms with van der Waals surface area (Å²) in [6, 6.07) is 0. The van der Waals surface area contributed by atoms with E-state index in [2.05, 4.69) is 15.9 Å². The molecule has 0 bridgehead atoms. The average Bonchev–Trinajstić information content (AvgIpc) is 2.00. The first-order valence-corrected chi connectivity index (χ1v) is 5.16. The molecule has 0 aliphatic rings. The molecule has 0 fully saturated rings. The summed E-state index contributed by atoms with van der Waals surface area (Å²) in [6.07, 6.45) is -0.247. The van der Waals surface area contributed by atoms with Crippen LogP contribution >= 0.6 is 15.9 Å². The highest BCUT2D eigenvalue weighted by molar-refractivity contribution is 9.10. The molecule has 0 aromatic heterocycles. The molecule has 0 aromatic carbocycles. The molecule has 0 aromatic rings. The molecule has 1 unspecified atom stereocenters. The van der Waals surface area contributed by atoms with Gasteiger partial charge in [-0.1, -0.05) is 29.8 Å². The van der Waals surface area contributed by atoms with Gasteiger partial charge in [0.25, 0.3) is 5.78 Å². The summed E-state index contributed by atoms with van der Waals surface area (Å²) in [7, 11) is 0. The van der Waals surface area contributed by atoms with Gasteiger partial charge in [0, 0.05) is 0 Å². The standard InChI is InChI=1S/C9H15BrO3/c1-5(2)7(10)8(11)9(12)13-6(3)4/h5-7H,1-4H3. The van der Waals surface area contributed by atoms with Gasteiger partial charge in [-0.25, -0.2) is 4.79 Å². The molecule has 0 amide bonds. The number of hydrogen-bond acceptors (Lipinski definition) is 3. The van der Waals surface area contributed by atoms with Crippen molar-refractivity contribution in [1.82, 2.24) is 0 Å². The van der Waals surface area contributed by atoms with E-state index in [9.17, 15) is 9.59 Å². The van der Waals surface area contributed by atoms with Crippen LogP contribution in [-0.4, -0.2) is 22.7 Å². The number of rotatable bonds is 4. The van der Waals surface area contributed by atoms with Gasteiger partial charge >= 0.3 is 5.97 Å². The highest BCUT2D eigenvalue weighted by Gasteiger charge is 2.27. The molecule has 1 atom stereocenters. The Balaban J connectivity index is 4.18. The maximum atomic E-state index is 11.3. The van der Waals surface area contributed by atoms with Crippen molar-refractivity contribution in [2.24, 2.45) is 5.92 Å². The molecule has 13 heavy (non-hydrogen) atoms. The lowest BCUT2D eigenvalue weighted by Gasteiger charge is -2.12. The summed E-state index contributed by atoms with van der Waals surface area (Å²) in [6.45, 7) is 7.15. The number of ether oxygens (including phenoxy) is 1. The van der Waals surface area contributed by atoms with Crippen molar-refractivity contribution in [3.63, 3.8) is 0 Å². The van der Waals surface area contributed by atoms with Crippen LogP contribution in [0.3, 0.4) is 0 Å². The van der Waals surface area contributed by atoms with E-state index >= 15 is 0 Å². The number of alkyl halides is 1. The van der Waals surface area contributed by atoms with Crippen LogP contribution in [0.1, 0.15) is 27.7 Å². The van der Waals surface area contributed by atoms with Crippen LogP contribution < -0.4 is 0 Å². The van der Waals surface area contributed by atoms with Crippen LogP contribution in [-0.2, 0) is 14.3 Å². The van der Waals surface area contributed by atoms with Gasteiger partial charge in [0.1, 0.15) is 0 Å². The van der Waals surface area contributed by atoms with E-state index in [-0.39, 0.29) is 12.0 Å². The summed E-state index contributed by atoms with van der Waals surface area (Å²) < 4.78 is 4.76. The first-order chi connectivity index (χ1) is 5.86. The Morgan fingerprint density at radius 1 is 1.15 bits per heavy atom. The summed E-state index contributed by atoms with van der Waals surface area (Å²) >= 11 is 3.15. The Morgan fingerprint density at radius 2 is 1.62 bits per heavy atom. The molecule has 0 spiro atoms. The van der Waals surface area contributed by atoms with E-state index in [0.29, 0.717) is 0 Å². The molecule has 0 rings (SSSR count). The molecule has 0 saturated heterocycles. The van der Waals surface area contributed by atoms with E-state index in [1.165, 1.54) is 0 Å². The quantitative estimate of drug-likeness (QED) is 0.435. The minimum absolute atomic E-state index is 0.0900. The van der Waals surface area contributed by atoms with Crippen molar-refractivity contribution in [3.05, 3.63) is 0 Å². The fourth-order valence-corrected chi connectivity index (χ4v) is 0.874. The molecule has 76 valence electrons. The first kappa shape index (κ1) is 12.6. The Hall–Kier alpha value is -0.380. The summed E-state index contributed by atoms with van der Waals surface area (Å²) in [4.78, 5) is 22.0. The molecule has 0 heterocycles. The van der Waals surface area contributed by atoms with Crippen molar-refractivity contribution in [3.8, 4) is 0 Å². The van der Waals surface area contributed by atoms with Crippen molar-refractivity contribution in [2.75, 3.05) is 0 Å². The third-order valence-electron chi connectivity index (χ3n) is 1.38. The van der Waals surface area contributed by atoms with Crippen LogP contribution in [0.2, 0.25) is 0 Å². The van der Waals surface area contributed by atoms with Gasteiger partial charge in [-0.15, -0.1) is 0 Å². The molecule has 4 heteroatoms. The number of ketones is 1. The fourth-order valence-electron chi connectivity index (χ4n) is 0.687. The Labute approximate surface area is 87.0 Å². The van der Waals surface area contributed by atoms with Gasteiger partial charge in [0.05, 0.1) is 10.9 Å². The van der Waals surface area contributed by atoms with Crippen molar-refractivity contribution >= 4 is 27.7 Å². The second-order valence-corrected chi connectivity index (χ2v) is 4.45. The largest absolute Gasteiger partial charge is 0.457 e. The number of halogens is 1. The highest BCUT2D eigenvalue weighted by Crippen LogP contribution is 2.13. The predicted molar refractivity (Wildman–Crippen MR) is 53.8 cm³/mol. The zero-order chi connectivity index (χ0) is 10.6. The monoisotopic (exact) mass is 250 g/mol. The maximum Gasteiger partial charge on any atom is 0.376 e. The molecular formula is C9H15BrO3. The molecule has 0 saturated carbocycles. The second-order valence-electron chi connectivity index (χ2n) is 3.46. The molecule has 0 aliphatic carbocycles. The number of Topliss-reactive ketones (excluding diaryl/α,β-unsaturated/α-hetero) is 1. The van der Waals surface area contributed by atoms with Crippen LogP contribution in [0.15, 0.2) is 0 Å². The van der Waals surface area contributed by atoms with Crippen LogP contribution in [0.25, 0.3) is 0 Å².